The number of pyridine rings is 1. The summed E-state index contributed by atoms with van der Waals surface area (Å²) in [5, 5.41) is 2.48. The lowest BCUT2D eigenvalue weighted by atomic mass is 9.73. The molecule has 4 heterocycles. The van der Waals surface area contributed by atoms with Gasteiger partial charge in [-0.15, -0.1) is 0 Å². The minimum atomic E-state index is -0.521. The van der Waals surface area contributed by atoms with Gasteiger partial charge in [0, 0.05) is 45.3 Å². The highest BCUT2D eigenvalue weighted by Crippen LogP contribution is 2.58. The molecule has 8 aromatic rings. The van der Waals surface area contributed by atoms with Crippen LogP contribution < -0.4 is 9.64 Å². The zero-order chi connectivity index (χ0) is 51.5. The molecule has 5 heteroatoms. The summed E-state index contributed by atoms with van der Waals surface area (Å²) in [4.78, 5) is 13.9. The minimum Gasteiger partial charge on any atom is -0.457 e. The third kappa shape index (κ3) is 6.70. The maximum absolute atomic E-state index is 7.48. The molecule has 3 aliphatic rings. The molecular weight excluding hydrogens is 877 g/mol. The van der Waals surface area contributed by atoms with Crippen LogP contribution in [0.15, 0.2) is 102 Å². The summed E-state index contributed by atoms with van der Waals surface area (Å²) >= 11 is 0. The first-order chi connectivity index (χ1) is 33.9. The highest BCUT2D eigenvalue weighted by atomic mass is 16.5. The van der Waals surface area contributed by atoms with Crippen molar-refractivity contribution in [2.75, 3.05) is 4.90 Å². The fraction of sp³-hybridized carbons (Fsp3) is 0.373. The molecule has 0 bridgehead atoms. The molecule has 0 spiro atoms. The molecule has 0 saturated carbocycles. The maximum Gasteiger partial charge on any atom is 0.141 e. The number of aryl methyl sites for hydroxylation is 4. The van der Waals surface area contributed by atoms with Gasteiger partial charge >= 0.3 is 0 Å². The molecule has 72 heavy (non-hydrogen) atoms. The van der Waals surface area contributed by atoms with Gasteiger partial charge in [-0.25, -0.2) is 4.98 Å². The zero-order valence-electron chi connectivity index (χ0n) is 46.3. The summed E-state index contributed by atoms with van der Waals surface area (Å²) in [5.41, 5.74) is 24.2. The Kier molecular flexibility index (Phi) is 10.6. The average Bonchev–Trinajstić information content (AvgIpc) is 3.85. The molecule has 0 amide bonds. The quantitative estimate of drug-likeness (QED) is 0.160. The Morgan fingerprint density at radius 1 is 0.625 bits per heavy atom. The van der Waals surface area contributed by atoms with E-state index < -0.39 is 5.54 Å². The minimum absolute atomic E-state index is 0.0293. The number of ether oxygens (including phenoxy) is 1. The smallest absolute Gasteiger partial charge is 0.141 e. The molecule has 2 aromatic heterocycles. The van der Waals surface area contributed by atoms with Gasteiger partial charge < -0.3 is 9.64 Å². The molecule has 0 unspecified atom stereocenters. The molecule has 2 atom stereocenters. The fourth-order valence-corrected chi connectivity index (χ4v) is 13.1. The lowest BCUT2D eigenvalue weighted by Gasteiger charge is -2.43. The van der Waals surface area contributed by atoms with Crippen molar-refractivity contribution in [1.29, 1.82) is 0 Å². The van der Waals surface area contributed by atoms with Gasteiger partial charge in [0.15, 0.2) is 0 Å². The van der Waals surface area contributed by atoms with E-state index >= 15 is 0 Å². The average molecular weight is 951 g/mol. The van der Waals surface area contributed by atoms with E-state index in [1.54, 1.807) is 0 Å². The third-order valence-electron chi connectivity index (χ3n) is 18.0. The van der Waals surface area contributed by atoms with Gasteiger partial charge in [-0.05, 0) is 206 Å². The predicted octanol–water partition coefficient (Wildman–Crippen LogP) is 17.5. The summed E-state index contributed by atoms with van der Waals surface area (Å²) in [7, 11) is 0. The van der Waals surface area contributed by atoms with Crippen LogP contribution in [0.25, 0.3) is 38.8 Å². The van der Waals surface area contributed by atoms with E-state index in [1.807, 2.05) is 6.20 Å². The fourth-order valence-electron chi connectivity index (χ4n) is 13.1. The predicted molar refractivity (Wildman–Crippen MR) is 304 cm³/mol. The summed E-state index contributed by atoms with van der Waals surface area (Å²) < 4.78 is 9.89. The van der Waals surface area contributed by atoms with Crippen molar-refractivity contribution in [2.24, 2.45) is 4.99 Å². The molecule has 0 saturated heterocycles. The summed E-state index contributed by atoms with van der Waals surface area (Å²) in [6.07, 6.45) is 2.83. The number of fused-ring (bicyclic) bond motifs is 8. The number of hydrogen-bond acceptors (Lipinski definition) is 4. The molecule has 1 aliphatic carbocycles. The first-order valence-electron chi connectivity index (χ1n) is 26.5. The number of rotatable bonds is 7. The number of aromatic nitrogens is 2. The first-order valence-corrected chi connectivity index (χ1v) is 26.5. The number of hydrogen-bond donors (Lipinski definition) is 0. The lowest BCUT2D eigenvalue weighted by molar-refractivity contribution is 0.321. The Morgan fingerprint density at radius 3 is 1.94 bits per heavy atom. The van der Waals surface area contributed by atoms with Crippen molar-refractivity contribution in [3.05, 3.63) is 181 Å². The van der Waals surface area contributed by atoms with E-state index in [9.17, 15) is 0 Å². The number of anilines is 1. The molecule has 6 aromatic carbocycles. The van der Waals surface area contributed by atoms with Gasteiger partial charge in [-0.1, -0.05) is 111 Å². The van der Waals surface area contributed by atoms with Crippen molar-refractivity contribution in [1.82, 2.24) is 9.55 Å². The number of nitrogens with zero attached hydrogens (tertiary/aromatic N) is 4. The lowest BCUT2D eigenvalue weighted by Crippen LogP contribution is -2.54. The normalized spacial score (nSPS) is 18.9. The Labute approximate surface area is 429 Å². The van der Waals surface area contributed by atoms with E-state index in [1.165, 1.54) is 99.9 Å². The molecule has 368 valence electrons. The van der Waals surface area contributed by atoms with Crippen LogP contribution in [0.3, 0.4) is 0 Å². The van der Waals surface area contributed by atoms with Crippen LogP contribution in [-0.2, 0) is 22.8 Å². The number of aliphatic imine (C=N–C) groups is 1. The monoisotopic (exact) mass is 951 g/mol. The Hall–Kier alpha value is -6.46. The summed E-state index contributed by atoms with van der Waals surface area (Å²) in [5.74, 6) is 4.21. The van der Waals surface area contributed by atoms with E-state index in [2.05, 4.69) is 225 Å². The van der Waals surface area contributed by atoms with Crippen LogP contribution in [0.1, 0.15) is 171 Å². The van der Waals surface area contributed by atoms with Crippen LogP contribution >= 0.6 is 0 Å². The van der Waals surface area contributed by atoms with Gasteiger partial charge in [0.1, 0.15) is 28.7 Å². The molecular formula is C67H74N4O. The number of amidine groups is 1. The largest absolute Gasteiger partial charge is 0.457 e. The van der Waals surface area contributed by atoms with Crippen molar-refractivity contribution in [3.63, 3.8) is 0 Å². The standard InChI is InChI=1S/C67H74N4O/c1-36(2)49-21-19-22-50(37(3)4)59(49)45-29-46(62-69-67(18)54-25-24-38(5)42(9)53(54)35-66(67,17)71(62)60-43(10)39(6)27-40(7)44(60)11)31-48(30-45)72-58-34-57-51(28-41(58)8)52-32-47(64(12,13)14)33-56-61(52)70(57)63-55(65(56,15)16)23-20-26-68-63/h19-34,36-37H,35H2,1-18H3/t66-,67+/m0/s1. The van der Waals surface area contributed by atoms with E-state index in [0.29, 0.717) is 11.8 Å². The Balaban J connectivity index is 1.19. The molecule has 0 radical (unpaired) electrons. The molecule has 0 fully saturated rings. The van der Waals surface area contributed by atoms with Gasteiger partial charge in [-0.3, -0.25) is 9.56 Å². The Morgan fingerprint density at radius 2 is 1.29 bits per heavy atom. The third-order valence-corrected chi connectivity index (χ3v) is 18.0. The maximum atomic E-state index is 7.48. The van der Waals surface area contributed by atoms with Crippen LogP contribution in [0.4, 0.5) is 5.69 Å². The SMILES string of the molecule is Cc1cc2c3cc(C(C)(C)C)cc4c3n(c2cc1Oc1cc(C2=N[C@]3(C)c5ccc(C)c(C)c5C[C@]3(C)N2c2c(C)c(C)cc(C)c2C)cc(-c2c(C(C)C)cccc2C(C)C)c1)-c1ncccc1C4(C)C. The highest BCUT2D eigenvalue weighted by Gasteiger charge is 2.62. The highest BCUT2D eigenvalue weighted by molar-refractivity contribution is 6.15. The van der Waals surface area contributed by atoms with E-state index in [-0.39, 0.29) is 16.4 Å². The number of benzene rings is 6. The second-order valence-corrected chi connectivity index (χ2v) is 24.5. The van der Waals surface area contributed by atoms with Crippen molar-refractivity contribution in [3.8, 4) is 28.4 Å². The van der Waals surface area contributed by atoms with E-state index in [0.717, 1.165) is 51.8 Å². The van der Waals surface area contributed by atoms with Gasteiger partial charge in [0.25, 0.3) is 0 Å². The van der Waals surface area contributed by atoms with Crippen LogP contribution in [-0.4, -0.2) is 20.9 Å². The van der Waals surface area contributed by atoms with Crippen LogP contribution in [0.5, 0.6) is 11.5 Å². The van der Waals surface area contributed by atoms with Crippen LogP contribution in [0, 0.1) is 48.5 Å². The topological polar surface area (TPSA) is 42.6 Å². The molecule has 2 aliphatic heterocycles. The second-order valence-electron chi connectivity index (χ2n) is 24.5. The summed E-state index contributed by atoms with van der Waals surface area (Å²) in [6, 6.07) is 34.8. The zero-order valence-corrected chi connectivity index (χ0v) is 46.3. The first kappa shape index (κ1) is 47.8. The van der Waals surface area contributed by atoms with Crippen molar-refractivity contribution in [2.45, 2.75) is 165 Å². The van der Waals surface area contributed by atoms with Gasteiger partial charge in [0.2, 0.25) is 0 Å². The Bertz CT molecular complexity index is 3610. The molecule has 11 rings (SSSR count). The van der Waals surface area contributed by atoms with Gasteiger partial charge in [-0.2, -0.15) is 0 Å². The molecule has 5 nitrogen and oxygen atoms in total. The van der Waals surface area contributed by atoms with Gasteiger partial charge in [0.05, 0.1) is 16.6 Å². The van der Waals surface area contributed by atoms with Crippen molar-refractivity contribution >= 4 is 33.3 Å². The summed E-state index contributed by atoms with van der Waals surface area (Å²) in [6.45, 7) is 41.7. The van der Waals surface area contributed by atoms with Crippen LogP contribution in [0.2, 0.25) is 0 Å². The van der Waals surface area contributed by atoms with Crippen molar-refractivity contribution < 1.29 is 4.74 Å². The van der Waals surface area contributed by atoms with E-state index in [4.69, 9.17) is 14.7 Å². The second kappa shape index (κ2) is 16.0. The molecule has 0 N–H and O–H groups in total.